The molecule has 3 N–H and O–H groups in total. The van der Waals surface area contributed by atoms with Crippen molar-refractivity contribution >= 4 is 0 Å². The molecule has 0 bridgehead atoms. The van der Waals surface area contributed by atoms with Gasteiger partial charge in [0.2, 0.25) is 0 Å². The summed E-state index contributed by atoms with van der Waals surface area (Å²) in [4.78, 5) is 0. The van der Waals surface area contributed by atoms with Crippen molar-refractivity contribution in [2.75, 3.05) is 19.7 Å². The third-order valence-electron chi connectivity index (χ3n) is 4.08. The van der Waals surface area contributed by atoms with Crippen molar-refractivity contribution in [3.05, 3.63) is 65.7 Å². The Morgan fingerprint density at radius 2 is 1.72 bits per heavy atom. The summed E-state index contributed by atoms with van der Waals surface area (Å²) in [5, 5.41) is 17.0. The molecule has 0 heterocycles. The van der Waals surface area contributed by atoms with Crippen molar-refractivity contribution < 1.29 is 9.84 Å². The molecule has 0 radical (unpaired) electrons. The van der Waals surface area contributed by atoms with Gasteiger partial charge in [-0.1, -0.05) is 48.5 Å². The standard InChI is InChI=1S/C21H30N2O2/c1-17-9-7-8-12-20(17)25-15-19(24)14-23-21(2,3)16-22-13-18-10-5-4-6-11-18/h4-12,19,22-24H,13-16H2,1-3H3. The second-order valence-electron chi connectivity index (χ2n) is 7.08. The summed E-state index contributed by atoms with van der Waals surface area (Å²) in [5.74, 6) is 0.824. The zero-order valence-corrected chi connectivity index (χ0v) is 15.5. The summed E-state index contributed by atoms with van der Waals surface area (Å²) in [6, 6.07) is 18.2. The maximum atomic E-state index is 10.2. The zero-order valence-electron chi connectivity index (χ0n) is 15.5. The fourth-order valence-corrected chi connectivity index (χ4v) is 2.54. The molecule has 4 nitrogen and oxygen atoms in total. The van der Waals surface area contributed by atoms with Crippen LogP contribution in [0.1, 0.15) is 25.0 Å². The van der Waals surface area contributed by atoms with E-state index in [9.17, 15) is 5.11 Å². The minimum absolute atomic E-state index is 0.113. The number of hydrogen-bond acceptors (Lipinski definition) is 4. The average Bonchev–Trinajstić information content (AvgIpc) is 2.60. The molecule has 0 aliphatic heterocycles. The Kier molecular flexibility index (Phi) is 7.44. The molecule has 0 fully saturated rings. The van der Waals surface area contributed by atoms with Gasteiger partial charge < -0.3 is 20.5 Å². The predicted octanol–water partition coefficient (Wildman–Crippen LogP) is 2.89. The minimum Gasteiger partial charge on any atom is -0.491 e. The summed E-state index contributed by atoms with van der Waals surface area (Å²) in [6.07, 6.45) is -0.548. The van der Waals surface area contributed by atoms with E-state index in [1.165, 1.54) is 5.56 Å². The monoisotopic (exact) mass is 342 g/mol. The molecule has 1 unspecified atom stereocenters. The number of ether oxygens (including phenoxy) is 1. The largest absolute Gasteiger partial charge is 0.491 e. The quantitative estimate of drug-likeness (QED) is 0.621. The van der Waals surface area contributed by atoms with Crippen LogP contribution in [-0.2, 0) is 6.54 Å². The van der Waals surface area contributed by atoms with Gasteiger partial charge in [0.05, 0.1) is 0 Å². The topological polar surface area (TPSA) is 53.5 Å². The molecule has 0 aliphatic carbocycles. The first-order chi connectivity index (χ1) is 12.0. The predicted molar refractivity (Wildman–Crippen MR) is 103 cm³/mol. The Morgan fingerprint density at radius 1 is 1.04 bits per heavy atom. The Morgan fingerprint density at radius 3 is 2.44 bits per heavy atom. The van der Waals surface area contributed by atoms with Crippen LogP contribution in [0.2, 0.25) is 0 Å². The van der Waals surface area contributed by atoms with Gasteiger partial charge in [0.1, 0.15) is 18.5 Å². The molecule has 25 heavy (non-hydrogen) atoms. The number of benzene rings is 2. The lowest BCUT2D eigenvalue weighted by atomic mass is 10.1. The van der Waals surface area contributed by atoms with Crippen molar-refractivity contribution in [3.8, 4) is 5.75 Å². The molecule has 0 spiro atoms. The van der Waals surface area contributed by atoms with Crippen molar-refractivity contribution in [2.24, 2.45) is 0 Å². The summed E-state index contributed by atoms with van der Waals surface area (Å²) in [7, 11) is 0. The van der Waals surface area contributed by atoms with E-state index in [4.69, 9.17) is 4.74 Å². The van der Waals surface area contributed by atoms with Crippen LogP contribution in [-0.4, -0.2) is 36.4 Å². The maximum absolute atomic E-state index is 10.2. The molecular formula is C21H30N2O2. The van der Waals surface area contributed by atoms with Crippen LogP contribution in [0, 0.1) is 6.92 Å². The van der Waals surface area contributed by atoms with Crippen LogP contribution in [0.4, 0.5) is 0 Å². The first-order valence-corrected chi connectivity index (χ1v) is 8.82. The van der Waals surface area contributed by atoms with Crippen LogP contribution in [0.15, 0.2) is 54.6 Å². The van der Waals surface area contributed by atoms with Gasteiger partial charge in [0, 0.05) is 25.2 Å². The van der Waals surface area contributed by atoms with Gasteiger partial charge in [-0.05, 0) is 38.0 Å². The van der Waals surface area contributed by atoms with E-state index in [0.717, 1.165) is 24.4 Å². The first kappa shape index (κ1) is 19.4. The lowest BCUT2D eigenvalue weighted by Crippen LogP contribution is -2.50. The summed E-state index contributed by atoms with van der Waals surface area (Å²) >= 11 is 0. The number of aryl methyl sites for hydroxylation is 1. The van der Waals surface area contributed by atoms with Crippen LogP contribution in [0.5, 0.6) is 5.75 Å². The van der Waals surface area contributed by atoms with Crippen LogP contribution in [0.3, 0.4) is 0 Å². The van der Waals surface area contributed by atoms with Crippen molar-refractivity contribution in [1.29, 1.82) is 0 Å². The second kappa shape index (κ2) is 9.56. The Balaban J connectivity index is 1.67. The van der Waals surface area contributed by atoms with Crippen molar-refractivity contribution in [1.82, 2.24) is 10.6 Å². The van der Waals surface area contributed by atoms with Gasteiger partial charge in [-0.3, -0.25) is 0 Å². The number of nitrogens with one attached hydrogen (secondary N) is 2. The Labute approximate surface area is 151 Å². The molecule has 2 aromatic rings. The SMILES string of the molecule is Cc1ccccc1OCC(O)CNC(C)(C)CNCc1ccccc1. The summed E-state index contributed by atoms with van der Waals surface area (Å²) in [5.41, 5.74) is 2.23. The van der Waals surface area contributed by atoms with Gasteiger partial charge in [-0.25, -0.2) is 0 Å². The molecule has 0 aliphatic rings. The highest BCUT2D eigenvalue weighted by molar-refractivity contribution is 5.31. The van der Waals surface area contributed by atoms with Gasteiger partial charge >= 0.3 is 0 Å². The molecule has 0 aromatic heterocycles. The van der Waals surface area contributed by atoms with Gasteiger partial charge in [-0.15, -0.1) is 0 Å². The van der Waals surface area contributed by atoms with Crippen molar-refractivity contribution in [3.63, 3.8) is 0 Å². The molecule has 4 heteroatoms. The first-order valence-electron chi connectivity index (χ1n) is 8.82. The number of β-amino-alcohol motifs (C(OH)–C–C–N with tert-alkyl or cyclic N) is 1. The third-order valence-corrected chi connectivity index (χ3v) is 4.08. The number of rotatable bonds is 10. The molecule has 0 saturated heterocycles. The van der Waals surface area contributed by atoms with E-state index in [-0.39, 0.29) is 12.1 Å². The number of aliphatic hydroxyl groups is 1. The molecule has 1 atom stereocenters. The van der Waals surface area contributed by atoms with Crippen LogP contribution in [0.25, 0.3) is 0 Å². The van der Waals surface area contributed by atoms with E-state index in [1.54, 1.807) is 0 Å². The van der Waals surface area contributed by atoms with E-state index in [1.807, 2.05) is 49.4 Å². The molecule has 0 saturated carbocycles. The van der Waals surface area contributed by atoms with Gasteiger partial charge in [0.25, 0.3) is 0 Å². The summed E-state index contributed by atoms with van der Waals surface area (Å²) in [6.45, 7) is 8.68. The molecule has 2 aromatic carbocycles. The lowest BCUT2D eigenvalue weighted by molar-refractivity contribution is 0.0984. The second-order valence-corrected chi connectivity index (χ2v) is 7.08. The number of para-hydroxylation sites is 1. The normalized spacial score (nSPS) is 12.8. The molecular weight excluding hydrogens is 312 g/mol. The zero-order chi connectivity index (χ0) is 18.1. The fourth-order valence-electron chi connectivity index (χ4n) is 2.54. The highest BCUT2D eigenvalue weighted by Gasteiger charge is 2.18. The number of aliphatic hydroxyl groups excluding tert-OH is 1. The maximum Gasteiger partial charge on any atom is 0.122 e. The fraction of sp³-hybridized carbons (Fsp3) is 0.429. The summed E-state index contributed by atoms with van der Waals surface area (Å²) < 4.78 is 5.70. The molecule has 0 amide bonds. The molecule has 136 valence electrons. The van der Waals surface area contributed by atoms with Crippen molar-refractivity contribution in [2.45, 2.75) is 39.0 Å². The third kappa shape index (κ3) is 7.26. The van der Waals surface area contributed by atoms with Crippen LogP contribution < -0.4 is 15.4 Å². The van der Waals surface area contributed by atoms with Crippen LogP contribution >= 0.6 is 0 Å². The average molecular weight is 342 g/mol. The number of hydrogen-bond donors (Lipinski definition) is 3. The van der Waals surface area contributed by atoms with E-state index >= 15 is 0 Å². The van der Waals surface area contributed by atoms with E-state index in [2.05, 4.69) is 36.6 Å². The van der Waals surface area contributed by atoms with E-state index in [0.29, 0.717) is 6.54 Å². The Hall–Kier alpha value is -1.88. The van der Waals surface area contributed by atoms with Gasteiger partial charge in [-0.2, -0.15) is 0 Å². The van der Waals surface area contributed by atoms with E-state index < -0.39 is 6.10 Å². The Bertz CT molecular complexity index is 629. The lowest BCUT2D eigenvalue weighted by Gasteiger charge is -2.28. The highest BCUT2D eigenvalue weighted by Crippen LogP contribution is 2.16. The molecule has 2 rings (SSSR count). The smallest absolute Gasteiger partial charge is 0.122 e. The highest BCUT2D eigenvalue weighted by atomic mass is 16.5. The minimum atomic E-state index is -0.548. The van der Waals surface area contributed by atoms with Gasteiger partial charge in [0.15, 0.2) is 0 Å².